The van der Waals surface area contributed by atoms with Crippen LogP contribution < -0.4 is 10.2 Å². The van der Waals surface area contributed by atoms with Gasteiger partial charge in [0.15, 0.2) is 0 Å². The van der Waals surface area contributed by atoms with Gasteiger partial charge in [0.25, 0.3) is 0 Å². The zero-order valence-electron chi connectivity index (χ0n) is 13.8. The van der Waals surface area contributed by atoms with Crippen LogP contribution in [0, 0.1) is 13.8 Å². The highest BCUT2D eigenvalue weighted by Crippen LogP contribution is 2.27. The Morgan fingerprint density at radius 3 is 2.24 bits per heavy atom. The summed E-state index contributed by atoms with van der Waals surface area (Å²) in [7, 11) is 4.14. The van der Waals surface area contributed by atoms with E-state index >= 15 is 0 Å². The number of hydrogen-bond donors (Lipinski definition) is 1. The molecule has 0 aliphatic heterocycles. The van der Waals surface area contributed by atoms with Gasteiger partial charge >= 0.3 is 0 Å². The molecule has 0 spiro atoms. The maximum atomic E-state index is 3.62. The molecule has 0 heterocycles. The summed E-state index contributed by atoms with van der Waals surface area (Å²) in [6.07, 6.45) is 0. The average Bonchev–Trinajstić information content (AvgIpc) is 2.48. The molecule has 0 saturated carbocycles. The Morgan fingerprint density at radius 1 is 1.00 bits per heavy atom. The van der Waals surface area contributed by atoms with Crippen molar-refractivity contribution in [2.45, 2.75) is 26.8 Å². The molecule has 1 unspecified atom stereocenters. The third-order valence-corrected chi connectivity index (χ3v) is 4.11. The second-order valence-electron chi connectivity index (χ2n) is 5.77. The van der Waals surface area contributed by atoms with Crippen molar-refractivity contribution in [2.75, 3.05) is 25.5 Å². The molecular weight excluding hydrogens is 256 g/mol. The lowest BCUT2D eigenvalue weighted by Gasteiger charge is -2.23. The molecule has 0 radical (unpaired) electrons. The first kappa shape index (κ1) is 15.6. The first-order chi connectivity index (χ1) is 10.0. The van der Waals surface area contributed by atoms with Crippen LogP contribution >= 0.6 is 0 Å². The topological polar surface area (TPSA) is 15.3 Å². The molecule has 0 aliphatic carbocycles. The molecule has 2 rings (SSSR count). The highest BCUT2D eigenvalue weighted by atomic mass is 15.1. The molecular formula is C19H26N2. The lowest BCUT2D eigenvalue weighted by molar-refractivity contribution is 0.627. The monoisotopic (exact) mass is 282 g/mol. The largest absolute Gasteiger partial charge is 0.378 e. The Morgan fingerprint density at radius 2 is 1.67 bits per heavy atom. The van der Waals surface area contributed by atoms with Crippen molar-refractivity contribution < 1.29 is 0 Å². The smallest absolute Gasteiger partial charge is 0.0579 e. The SMILES string of the molecule is CCNC(c1ccc(N(C)C)cc1)c1cccc(C)c1C. The molecule has 0 saturated heterocycles. The first-order valence-corrected chi connectivity index (χ1v) is 7.61. The lowest BCUT2D eigenvalue weighted by atomic mass is 9.92. The van der Waals surface area contributed by atoms with Crippen LogP contribution in [0.1, 0.15) is 35.2 Å². The molecule has 2 heteroatoms. The van der Waals surface area contributed by atoms with E-state index in [0.717, 1.165) is 6.54 Å². The van der Waals surface area contributed by atoms with E-state index in [2.05, 4.69) is 87.5 Å². The predicted octanol–water partition coefficient (Wildman–Crippen LogP) is 4.07. The Bertz CT molecular complexity index is 585. The van der Waals surface area contributed by atoms with Gasteiger partial charge < -0.3 is 10.2 Å². The highest BCUT2D eigenvalue weighted by Gasteiger charge is 2.15. The van der Waals surface area contributed by atoms with E-state index in [-0.39, 0.29) is 6.04 Å². The molecule has 0 fully saturated rings. The van der Waals surface area contributed by atoms with E-state index < -0.39 is 0 Å². The van der Waals surface area contributed by atoms with Crippen molar-refractivity contribution in [3.05, 3.63) is 64.7 Å². The first-order valence-electron chi connectivity index (χ1n) is 7.61. The number of benzene rings is 2. The maximum Gasteiger partial charge on any atom is 0.0579 e. The normalized spacial score (nSPS) is 12.2. The van der Waals surface area contributed by atoms with Crippen LogP contribution in [0.15, 0.2) is 42.5 Å². The summed E-state index contributed by atoms with van der Waals surface area (Å²) in [5.41, 5.74) is 6.64. The van der Waals surface area contributed by atoms with Crippen LogP contribution in [-0.2, 0) is 0 Å². The van der Waals surface area contributed by atoms with Crippen molar-refractivity contribution >= 4 is 5.69 Å². The van der Waals surface area contributed by atoms with E-state index in [9.17, 15) is 0 Å². The van der Waals surface area contributed by atoms with Gasteiger partial charge in [-0.2, -0.15) is 0 Å². The predicted molar refractivity (Wildman–Crippen MR) is 92.2 cm³/mol. The Hall–Kier alpha value is -1.80. The van der Waals surface area contributed by atoms with E-state index in [4.69, 9.17) is 0 Å². The van der Waals surface area contributed by atoms with Crippen molar-refractivity contribution in [1.29, 1.82) is 0 Å². The summed E-state index contributed by atoms with van der Waals surface area (Å²) in [5, 5.41) is 3.62. The van der Waals surface area contributed by atoms with E-state index in [1.54, 1.807) is 0 Å². The molecule has 1 N–H and O–H groups in total. The second kappa shape index (κ2) is 6.77. The van der Waals surface area contributed by atoms with E-state index in [1.165, 1.54) is 27.9 Å². The lowest BCUT2D eigenvalue weighted by Crippen LogP contribution is -2.23. The zero-order chi connectivity index (χ0) is 15.4. The van der Waals surface area contributed by atoms with Crippen LogP contribution in [0.2, 0.25) is 0 Å². The van der Waals surface area contributed by atoms with Crippen LogP contribution in [0.4, 0.5) is 5.69 Å². The standard InChI is InChI=1S/C19H26N2/c1-6-20-19(18-9-7-8-14(2)15(18)3)16-10-12-17(13-11-16)21(4)5/h7-13,19-20H,6H2,1-5H3. The number of nitrogens with one attached hydrogen (secondary N) is 1. The Balaban J connectivity index is 2.41. The van der Waals surface area contributed by atoms with E-state index in [1.807, 2.05) is 0 Å². The molecule has 0 aromatic heterocycles. The summed E-state index contributed by atoms with van der Waals surface area (Å²) >= 11 is 0. The van der Waals surface area contributed by atoms with Gasteiger partial charge in [0.1, 0.15) is 0 Å². The average molecular weight is 282 g/mol. The molecule has 2 aromatic rings. The summed E-state index contributed by atoms with van der Waals surface area (Å²) in [5.74, 6) is 0. The fourth-order valence-electron chi connectivity index (χ4n) is 2.66. The van der Waals surface area contributed by atoms with Gasteiger partial charge in [-0.15, -0.1) is 0 Å². The van der Waals surface area contributed by atoms with Gasteiger partial charge in [-0.3, -0.25) is 0 Å². The van der Waals surface area contributed by atoms with E-state index in [0.29, 0.717) is 0 Å². The van der Waals surface area contributed by atoms with Crippen LogP contribution in [0.25, 0.3) is 0 Å². The number of hydrogen-bond acceptors (Lipinski definition) is 2. The molecule has 0 amide bonds. The van der Waals surface area contributed by atoms with Gasteiger partial charge in [-0.05, 0) is 54.8 Å². The Kier molecular flexibility index (Phi) is 5.03. The molecule has 21 heavy (non-hydrogen) atoms. The summed E-state index contributed by atoms with van der Waals surface area (Å²) in [6.45, 7) is 7.50. The molecule has 2 nitrogen and oxygen atoms in total. The second-order valence-corrected chi connectivity index (χ2v) is 5.77. The zero-order valence-corrected chi connectivity index (χ0v) is 13.8. The van der Waals surface area contributed by atoms with Crippen molar-refractivity contribution in [2.24, 2.45) is 0 Å². The Labute approximate surface area is 128 Å². The minimum absolute atomic E-state index is 0.256. The van der Waals surface area contributed by atoms with Gasteiger partial charge in [0, 0.05) is 19.8 Å². The van der Waals surface area contributed by atoms with Crippen LogP contribution in [0.3, 0.4) is 0 Å². The third kappa shape index (κ3) is 3.45. The minimum Gasteiger partial charge on any atom is -0.378 e. The van der Waals surface area contributed by atoms with Crippen LogP contribution in [-0.4, -0.2) is 20.6 Å². The summed E-state index contributed by atoms with van der Waals surface area (Å²) < 4.78 is 0. The summed E-state index contributed by atoms with van der Waals surface area (Å²) in [6, 6.07) is 15.6. The van der Waals surface area contributed by atoms with Gasteiger partial charge in [-0.1, -0.05) is 37.3 Å². The van der Waals surface area contributed by atoms with Crippen molar-refractivity contribution in [3.63, 3.8) is 0 Å². The number of rotatable bonds is 5. The molecule has 2 aromatic carbocycles. The molecule has 0 aliphatic rings. The van der Waals surface area contributed by atoms with Crippen LogP contribution in [0.5, 0.6) is 0 Å². The highest BCUT2D eigenvalue weighted by molar-refractivity contribution is 5.48. The number of aryl methyl sites for hydroxylation is 1. The maximum absolute atomic E-state index is 3.62. The number of anilines is 1. The quantitative estimate of drug-likeness (QED) is 0.889. The summed E-state index contributed by atoms with van der Waals surface area (Å²) in [4.78, 5) is 2.13. The van der Waals surface area contributed by atoms with Gasteiger partial charge in [0.2, 0.25) is 0 Å². The third-order valence-electron chi connectivity index (χ3n) is 4.11. The van der Waals surface area contributed by atoms with Gasteiger partial charge in [0.05, 0.1) is 6.04 Å². The van der Waals surface area contributed by atoms with Crippen molar-refractivity contribution in [1.82, 2.24) is 5.32 Å². The fraction of sp³-hybridized carbons (Fsp3) is 0.368. The number of nitrogens with zero attached hydrogens (tertiary/aromatic N) is 1. The fourth-order valence-corrected chi connectivity index (χ4v) is 2.66. The molecule has 0 bridgehead atoms. The minimum atomic E-state index is 0.256. The molecule has 112 valence electrons. The molecule has 1 atom stereocenters. The van der Waals surface area contributed by atoms with Gasteiger partial charge in [-0.25, -0.2) is 0 Å². The van der Waals surface area contributed by atoms with Crippen molar-refractivity contribution in [3.8, 4) is 0 Å².